The van der Waals surface area contributed by atoms with Gasteiger partial charge in [-0.3, -0.25) is 10.2 Å². The Hall–Kier alpha value is -3.94. The Morgan fingerprint density at radius 3 is 2.48 bits per heavy atom. The number of amides is 1. The van der Waals surface area contributed by atoms with Crippen LogP contribution in [0.5, 0.6) is 0 Å². The number of ether oxygens (including phenoxy) is 1. The number of hydrogen-bond acceptors (Lipinski definition) is 10. The minimum atomic E-state index is -0.692. The molecule has 2 aliphatic rings. The van der Waals surface area contributed by atoms with Gasteiger partial charge in [0, 0.05) is 67.8 Å². The molecule has 1 amide bonds. The van der Waals surface area contributed by atoms with E-state index in [1.165, 1.54) is 18.3 Å². The zero-order chi connectivity index (χ0) is 29.6. The molecule has 0 radical (unpaired) electrons. The lowest BCUT2D eigenvalue weighted by atomic mass is 10.1. The van der Waals surface area contributed by atoms with E-state index in [0.717, 1.165) is 62.7 Å². The molecule has 42 heavy (non-hydrogen) atoms. The number of hydrogen-bond donors (Lipinski definition) is 5. The number of rotatable bonds is 8. The number of piperazine rings is 1. The molecule has 0 saturated carbocycles. The lowest BCUT2D eigenvalue weighted by Crippen LogP contribution is -2.44. The Morgan fingerprint density at radius 2 is 1.76 bits per heavy atom. The second-order valence-electron chi connectivity index (χ2n) is 10.3. The van der Waals surface area contributed by atoms with Gasteiger partial charge in [-0.1, -0.05) is 0 Å². The molecule has 2 aromatic carbocycles. The van der Waals surface area contributed by atoms with Gasteiger partial charge >= 0.3 is 0 Å². The highest BCUT2D eigenvalue weighted by atomic mass is 32.2. The van der Waals surface area contributed by atoms with Crippen LogP contribution in [-0.2, 0) is 4.74 Å². The summed E-state index contributed by atoms with van der Waals surface area (Å²) in [5.74, 6) is -2.01. The quantitative estimate of drug-likeness (QED) is 0.148. The first-order valence-corrected chi connectivity index (χ1v) is 14.5. The van der Waals surface area contributed by atoms with Crippen LogP contribution < -0.4 is 26.0 Å². The van der Waals surface area contributed by atoms with Gasteiger partial charge in [-0.25, -0.2) is 13.8 Å². The van der Waals surface area contributed by atoms with E-state index in [2.05, 4.69) is 37.2 Å². The number of likely N-dealkylation sites (N-methyl/N-ethyl adjacent to an activating group) is 1. The molecule has 0 unspecified atom stereocenters. The molecule has 3 heterocycles. The molecule has 0 atom stereocenters. The number of nitrogen functional groups attached to an aromatic ring is 1. The summed E-state index contributed by atoms with van der Waals surface area (Å²) < 4.78 is 35.5. The molecule has 222 valence electrons. The van der Waals surface area contributed by atoms with Crippen LogP contribution in [-0.4, -0.2) is 74.1 Å². The van der Waals surface area contributed by atoms with E-state index in [-0.39, 0.29) is 23.3 Å². The SMILES string of the molecule is CN1CCN(c2ccc(C(=O)NC(=N)c3cc(NSc4cc(F)cc(F)c4)cnc3N)c(NC3CCOCC3)c2)CC1. The van der Waals surface area contributed by atoms with Crippen molar-refractivity contribution in [1.29, 1.82) is 5.41 Å². The van der Waals surface area contributed by atoms with E-state index in [4.69, 9.17) is 15.9 Å². The predicted octanol–water partition coefficient (Wildman–Crippen LogP) is 4.16. The fourth-order valence-corrected chi connectivity index (χ4v) is 5.55. The average Bonchev–Trinajstić information content (AvgIpc) is 2.97. The summed E-state index contributed by atoms with van der Waals surface area (Å²) in [6.07, 6.45) is 3.10. The van der Waals surface area contributed by atoms with Crippen LogP contribution >= 0.6 is 11.9 Å². The van der Waals surface area contributed by atoms with E-state index >= 15 is 0 Å². The van der Waals surface area contributed by atoms with Gasteiger partial charge in [-0.05, 0) is 68.2 Å². The number of carbonyl (C=O) groups is 1. The number of benzene rings is 2. The number of carbonyl (C=O) groups excluding carboxylic acids is 1. The molecule has 3 aromatic rings. The Balaban J connectivity index is 1.32. The Labute approximate surface area is 247 Å². The molecule has 6 N–H and O–H groups in total. The topological polar surface area (TPSA) is 132 Å². The van der Waals surface area contributed by atoms with Crippen molar-refractivity contribution in [3.63, 3.8) is 0 Å². The van der Waals surface area contributed by atoms with Crippen LogP contribution in [0, 0.1) is 17.0 Å². The maximum Gasteiger partial charge on any atom is 0.258 e. The van der Waals surface area contributed by atoms with Gasteiger partial charge in [0.2, 0.25) is 0 Å². The van der Waals surface area contributed by atoms with Crippen molar-refractivity contribution in [3.8, 4) is 0 Å². The maximum atomic E-state index is 13.5. The van der Waals surface area contributed by atoms with Crippen molar-refractivity contribution in [2.24, 2.45) is 0 Å². The summed E-state index contributed by atoms with van der Waals surface area (Å²) in [7, 11) is 2.11. The molecular weight excluding hydrogens is 562 g/mol. The van der Waals surface area contributed by atoms with Gasteiger partial charge < -0.3 is 35.6 Å². The van der Waals surface area contributed by atoms with E-state index in [1.807, 2.05) is 12.1 Å². The fourth-order valence-electron chi connectivity index (χ4n) is 4.86. The third-order valence-electron chi connectivity index (χ3n) is 7.25. The van der Waals surface area contributed by atoms with Crippen molar-refractivity contribution in [1.82, 2.24) is 15.2 Å². The number of pyridine rings is 1. The minimum Gasteiger partial charge on any atom is -0.383 e. The summed E-state index contributed by atoms with van der Waals surface area (Å²) >= 11 is 0.978. The monoisotopic (exact) mass is 596 g/mol. The number of halogens is 2. The van der Waals surface area contributed by atoms with Crippen molar-refractivity contribution < 1.29 is 18.3 Å². The largest absolute Gasteiger partial charge is 0.383 e. The molecule has 1 aromatic heterocycles. The van der Waals surface area contributed by atoms with Crippen LogP contribution in [0.15, 0.2) is 53.6 Å². The van der Waals surface area contributed by atoms with Crippen LogP contribution in [0.3, 0.4) is 0 Å². The van der Waals surface area contributed by atoms with Crippen molar-refractivity contribution >= 4 is 46.6 Å². The number of nitrogens with one attached hydrogen (secondary N) is 4. The number of amidine groups is 1. The number of anilines is 4. The van der Waals surface area contributed by atoms with Crippen LogP contribution in [0.25, 0.3) is 0 Å². The summed E-state index contributed by atoms with van der Waals surface area (Å²) in [5.41, 5.74) is 8.83. The number of nitrogens with zero attached hydrogens (tertiary/aromatic N) is 3. The van der Waals surface area contributed by atoms with Gasteiger partial charge in [0.25, 0.3) is 5.91 Å². The standard InChI is InChI=1S/C29H34F2N8O2S/c1-38-6-8-39(9-7-38)22-2-3-24(26(16-22)35-20-4-10-41-11-5-20)29(40)36-28(33)25-15-21(17-34-27(25)32)37-42-23-13-18(30)12-19(31)14-23/h2-3,12-17,20,35,37H,4-11H2,1H3,(H2,32,34)(H2,33,36,40). The van der Waals surface area contributed by atoms with Gasteiger partial charge in [0.05, 0.1) is 23.0 Å². The molecule has 5 rings (SSSR count). The number of nitrogens with two attached hydrogens (primary N) is 1. The van der Waals surface area contributed by atoms with Crippen molar-refractivity contribution in [3.05, 3.63) is 71.4 Å². The van der Waals surface area contributed by atoms with Crippen LogP contribution in [0.2, 0.25) is 0 Å². The predicted molar refractivity (Wildman–Crippen MR) is 162 cm³/mol. The number of aromatic nitrogens is 1. The van der Waals surface area contributed by atoms with E-state index in [1.54, 1.807) is 12.1 Å². The highest BCUT2D eigenvalue weighted by molar-refractivity contribution is 8.00. The first-order valence-electron chi connectivity index (χ1n) is 13.7. The molecule has 10 nitrogen and oxygen atoms in total. The second-order valence-corrected chi connectivity index (χ2v) is 11.2. The fraction of sp³-hybridized carbons (Fsp3) is 0.345. The van der Waals surface area contributed by atoms with Gasteiger partial charge in [-0.15, -0.1) is 0 Å². The van der Waals surface area contributed by atoms with Crippen LogP contribution in [0.4, 0.5) is 31.7 Å². The van der Waals surface area contributed by atoms with Crippen molar-refractivity contribution in [2.75, 3.05) is 67.1 Å². The average molecular weight is 597 g/mol. The van der Waals surface area contributed by atoms with Gasteiger partial charge in [0.1, 0.15) is 23.3 Å². The molecule has 2 saturated heterocycles. The van der Waals surface area contributed by atoms with Crippen LogP contribution in [0.1, 0.15) is 28.8 Å². The van der Waals surface area contributed by atoms with E-state index < -0.39 is 17.5 Å². The third kappa shape index (κ3) is 7.46. The Kier molecular flexibility index (Phi) is 9.40. The summed E-state index contributed by atoms with van der Waals surface area (Å²) in [4.78, 5) is 22.5. The lowest BCUT2D eigenvalue weighted by molar-refractivity contribution is 0.0904. The molecule has 0 spiro atoms. The zero-order valence-electron chi connectivity index (χ0n) is 23.3. The first-order chi connectivity index (χ1) is 20.2. The maximum absolute atomic E-state index is 13.5. The molecule has 0 aliphatic carbocycles. The third-order valence-corrected chi connectivity index (χ3v) is 8.06. The van der Waals surface area contributed by atoms with E-state index in [9.17, 15) is 13.6 Å². The minimum absolute atomic E-state index is 0.0543. The first kappa shape index (κ1) is 29.5. The molecule has 2 fully saturated rings. The summed E-state index contributed by atoms with van der Waals surface area (Å²) in [5, 5.41) is 14.8. The Bertz CT molecular complexity index is 1420. The normalized spacial score (nSPS) is 16.2. The van der Waals surface area contributed by atoms with E-state index in [0.29, 0.717) is 35.0 Å². The molecule has 0 bridgehead atoms. The molecular formula is C29H34F2N8O2S. The Morgan fingerprint density at radius 1 is 1.05 bits per heavy atom. The second kappa shape index (κ2) is 13.4. The van der Waals surface area contributed by atoms with Crippen molar-refractivity contribution in [2.45, 2.75) is 23.8 Å². The molecule has 13 heteroatoms. The highest BCUT2D eigenvalue weighted by Crippen LogP contribution is 2.28. The lowest BCUT2D eigenvalue weighted by Gasteiger charge is -2.34. The smallest absolute Gasteiger partial charge is 0.258 e. The zero-order valence-corrected chi connectivity index (χ0v) is 24.1. The van der Waals surface area contributed by atoms with Gasteiger partial charge in [0.15, 0.2) is 0 Å². The van der Waals surface area contributed by atoms with Gasteiger partial charge in [-0.2, -0.15) is 0 Å². The summed E-state index contributed by atoms with van der Waals surface area (Å²) in [6.45, 7) is 5.03. The molecule has 2 aliphatic heterocycles. The summed E-state index contributed by atoms with van der Waals surface area (Å²) in [6, 6.07) is 10.6. The highest BCUT2D eigenvalue weighted by Gasteiger charge is 2.22.